The summed E-state index contributed by atoms with van der Waals surface area (Å²) < 4.78 is 0. The van der Waals surface area contributed by atoms with Gasteiger partial charge in [-0.25, -0.2) is 0 Å². The van der Waals surface area contributed by atoms with Crippen molar-refractivity contribution < 1.29 is 9.59 Å². The molecule has 0 bridgehead atoms. The molecule has 0 atom stereocenters. The van der Waals surface area contributed by atoms with E-state index in [0.29, 0.717) is 6.42 Å². The standard InChI is InChI=1S/C10H8N2O2/c13-8-5-12-9(14)4-6-2-1-3-7(11-8)10(6)12/h1-3H,4-5H2,(H,11,13). The van der Waals surface area contributed by atoms with E-state index in [1.807, 2.05) is 18.2 Å². The lowest BCUT2D eigenvalue weighted by Gasteiger charge is -2.25. The van der Waals surface area contributed by atoms with Crippen molar-refractivity contribution in [1.82, 2.24) is 0 Å². The van der Waals surface area contributed by atoms with E-state index in [1.54, 1.807) is 4.90 Å². The Bertz CT molecular complexity index is 453. The topological polar surface area (TPSA) is 49.4 Å². The van der Waals surface area contributed by atoms with Gasteiger partial charge in [0.15, 0.2) is 0 Å². The Morgan fingerprint density at radius 3 is 3.00 bits per heavy atom. The van der Waals surface area contributed by atoms with Crippen LogP contribution in [0.25, 0.3) is 0 Å². The summed E-state index contributed by atoms with van der Waals surface area (Å²) in [6.45, 7) is 0.156. The molecule has 0 radical (unpaired) electrons. The maximum absolute atomic E-state index is 11.5. The van der Waals surface area contributed by atoms with Crippen molar-refractivity contribution in [3.63, 3.8) is 0 Å². The normalized spacial score (nSPS) is 18.1. The maximum Gasteiger partial charge on any atom is 0.244 e. The van der Waals surface area contributed by atoms with Gasteiger partial charge in [0.2, 0.25) is 11.8 Å². The molecule has 2 heterocycles. The first-order chi connectivity index (χ1) is 6.75. The number of hydrogen-bond donors (Lipinski definition) is 1. The molecule has 2 aliphatic rings. The lowest BCUT2D eigenvalue weighted by molar-refractivity contribution is -0.120. The van der Waals surface area contributed by atoms with Gasteiger partial charge in [-0.2, -0.15) is 0 Å². The first kappa shape index (κ1) is 7.55. The van der Waals surface area contributed by atoms with Crippen molar-refractivity contribution in [2.45, 2.75) is 6.42 Å². The van der Waals surface area contributed by atoms with Crippen molar-refractivity contribution in [2.24, 2.45) is 0 Å². The number of carbonyl (C=O) groups excluding carboxylic acids is 2. The Morgan fingerprint density at radius 2 is 2.14 bits per heavy atom. The maximum atomic E-state index is 11.5. The molecule has 0 spiro atoms. The average molecular weight is 188 g/mol. The van der Waals surface area contributed by atoms with Crippen LogP contribution in [-0.2, 0) is 16.0 Å². The minimum absolute atomic E-state index is 0.0160. The second kappa shape index (κ2) is 2.35. The molecule has 1 aromatic carbocycles. The van der Waals surface area contributed by atoms with E-state index >= 15 is 0 Å². The third-order valence-electron chi connectivity index (χ3n) is 2.61. The number of anilines is 2. The highest BCUT2D eigenvalue weighted by atomic mass is 16.2. The zero-order valence-corrected chi connectivity index (χ0v) is 7.41. The van der Waals surface area contributed by atoms with Crippen LogP contribution >= 0.6 is 0 Å². The first-order valence-corrected chi connectivity index (χ1v) is 4.48. The first-order valence-electron chi connectivity index (χ1n) is 4.48. The molecule has 4 nitrogen and oxygen atoms in total. The molecular formula is C10H8N2O2. The molecule has 0 saturated heterocycles. The van der Waals surface area contributed by atoms with Gasteiger partial charge in [0.1, 0.15) is 6.54 Å². The van der Waals surface area contributed by atoms with Crippen molar-refractivity contribution in [2.75, 3.05) is 16.8 Å². The predicted molar refractivity (Wildman–Crippen MR) is 51.1 cm³/mol. The molecule has 2 amide bonds. The van der Waals surface area contributed by atoms with Crippen LogP contribution in [0.5, 0.6) is 0 Å². The second-order valence-electron chi connectivity index (χ2n) is 3.52. The summed E-state index contributed by atoms with van der Waals surface area (Å²) in [4.78, 5) is 24.4. The Labute approximate surface area is 80.5 Å². The van der Waals surface area contributed by atoms with Crippen molar-refractivity contribution in [3.8, 4) is 0 Å². The van der Waals surface area contributed by atoms with Gasteiger partial charge in [-0.15, -0.1) is 0 Å². The number of hydrogen-bond acceptors (Lipinski definition) is 2. The quantitative estimate of drug-likeness (QED) is 0.645. The van der Waals surface area contributed by atoms with E-state index < -0.39 is 0 Å². The van der Waals surface area contributed by atoms with Gasteiger partial charge < -0.3 is 10.2 Å². The average Bonchev–Trinajstić information content (AvgIpc) is 2.45. The number of nitrogens with zero attached hydrogens (tertiary/aromatic N) is 1. The third-order valence-corrected chi connectivity index (χ3v) is 2.61. The highest BCUT2D eigenvalue weighted by Crippen LogP contribution is 2.37. The molecule has 0 aliphatic carbocycles. The fourth-order valence-corrected chi connectivity index (χ4v) is 2.04. The van der Waals surface area contributed by atoms with Crippen LogP contribution in [0.15, 0.2) is 18.2 Å². The van der Waals surface area contributed by atoms with Crippen molar-refractivity contribution in [3.05, 3.63) is 23.8 Å². The molecule has 14 heavy (non-hydrogen) atoms. The van der Waals surface area contributed by atoms with E-state index in [-0.39, 0.29) is 18.4 Å². The molecule has 0 aromatic heterocycles. The van der Waals surface area contributed by atoms with E-state index in [9.17, 15) is 9.59 Å². The Hall–Kier alpha value is -1.84. The lowest BCUT2D eigenvalue weighted by atomic mass is 10.1. The summed E-state index contributed by atoms with van der Waals surface area (Å²) in [6.07, 6.45) is 0.415. The highest BCUT2D eigenvalue weighted by molar-refractivity contribution is 6.14. The van der Waals surface area contributed by atoms with Gasteiger partial charge in [-0.1, -0.05) is 12.1 Å². The van der Waals surface area contributed by atoms with Gasteiger partial charge in [-0.05, 0) is 11.6 Å². The van der Waals surface area contributed by atoms with Gasteiger partial charge in [0.05, 0.1) is 17.8 Å². The molecule has 4 heteroatoms. The van der Waals surface area contributed by atoms with Gasteiger partial charge >= 0.3 is 0 Å². The van der Waals surface area contributed by atoms with Crippen LogP contribution in [0.4, 0.5) is 11.4 Å². The fourth-order valence-electron chi connectivity index (χ4n) is 2.04. The molecule has 0 saturated carbocycles. The summed E-state index contributed by atoms with van der Waals surface area (Å²) in [5.41, 5.74) is 2.65. The number of benzene rings is 1. The fraction of sp³-hybridized carbons (Fsp3) is 0.200. The smallest absolute Gasteiger partial charge is 0.244 e. The molecular weight excluding hydrogens is 180 g/mol. The summed E-state index contributed by atoms with van der Waals surface area (Å²) in [5.74, 6) is -0.104. The van der Waals surface area contributed by atoms with Gasteiger partial charge in [-0.3, -0.25) is 9.59 Å². The molecule has 1 aromatic rings. The van der Waals surface area contributed by atoms with E-state index in [0.717, 1.165) is 16.9 Å². The third kappa shape index (κ3) is 0.824. The summed E-state index contributed by atoms with van der Waals surface area (Å²) in [5, 5.41) is 2.76. The highest BCUT2D eigenvalue weighted by Gasteiger charge is 2.34. The SMILES string of the molecule is O=C1CN2C(=O)Cc3cccc(c32)N1. The van der Waals surface area contributed by atoms with Crippen molar-refractivity contribution in [1.29, 1.82) is 0 Å². The molecule has 2 aliphatic heterocycles. The largest absolute Gasteiger partial charge is 0.323 e. The van der Waals surface area contributed by atoms with Crippen LogP contribution < -0.4 is 10.2 Å². The number of carbonyl (C=O) groups is 2. The summed E-state index contributed by atoms with van der Waals surface area (Å²) in [7, 11) is 0. The van der Waals surface area contributed by atoms with Crippen LogP contribution in [0, 0.1) is 0 Å². The van der Waals surface area contributed by atoms with Gasteiger partial charge in [0, 0.05) is 0 Å². The Morgan fingerprint density at radius 1 is 1.29 bits per heavy atom. The number of nitrogens with one attached hydrogen (secondary N) is 1. The van der Waals surface area contributed by atoms with E-state index in [4.69, 9.17) is 0 Å². The minimum atomic E-state index is -0.120. The Kier molecular flexibility index (Phi) is 1.27. The molecule has 0 fully saturated rings. The van der Waals surface area contributed by atoms with E-state index in [2.05, 4.69) is 5.32 Å². The predicted octanol–water partition coefficient (Wildman–Crippen LogP) is 0.528. The zero-order valence-electron chi connectivity index (χ0n) is 7.41. The number of rotatable bonds is 0. The number of amides is 2. The second-order valence-corrected chi connectivity index (χ2v) is 3.52. The number of para-hydroxylation sites is 1. The monoisotopic (exact) mass is 188 g/mol. The summed E-state index contributed by atoms with van der Waals surface area (Å²) >= 11 is 0. The summed E-state index contributed by atoms with van der Waals surface area (Å²) in [6, 6.07) is 5.60. The van der Waals surface area contributed by atoms with Gasteiger partial charge in [0.25, 0.3) is 0 Å². The molecule has 70 valence electrons. The molecule has 3 rings (SSSR count). The lowest BCUT2D eigenvalue weighted by Crippen LogP contribution is -2.39. The molecule has 1 N–H and O–H groups in total. The van der Waals surface area contributed by atoms with Crippen LogP contribution in [0.3, 0.4) is 0 Å². The van der Waals surface area contributed by atoms with Crippen molar-refractivity contribution >= 4 is 23.2 Å². The zero-order chi connectivity index (χ0) is 9.71. The molecule has 0 unspecified atom stereocenters. The van der Waals surface area contributed by atoms with Crippen LogP contribution in [-0.4, -0.2) is 18.4 Å². The Balaban J connectivity index is 2.25. The van der Waals surface area contributed by atoms with Crippen LogP contribution in [0.2, 0.25) is 0 Å². The minimum Gasteiger partial charge on any atom is -0.323 e. The van der Waals surface area contributed by atoms with Crippen LogP contribution in [0.1, 0.15) is 5.56 Å². The van der Waals surface area contributed by atoms with E-state index in [1.165, 1.54) is 0 Å².